The molecule has 19 heavy (non-hydrogen) atoms. The van der Waals surface area contributed by atoms with Crippen LogP contribution in [0.25, 0.3) is 0 Å². The van der Waals surface area contributed by atoms with Crippen molar-refractivity contribution < 1.29 is 12.8 Å². The number of benzene rings is 1. The summed E-state index contributed by atoms with van der Waals surface area (Å²) in [5.74, 6) is -0.507. The summed E-state index contributed by atoms with van der Waals surface area (Å²) in [5.41, 5.74) is 5.91. The fourth-order valence-electron chi connectivity index (χ4n) is 1.62. The molecule has 0 fully saturated rings. The first-order valence-corrected chi connectivity index (χ1v) is 6.80. The molecule has 2 aromatic rings. The molecule has 2 rings (SSSR count). The number of rotatable bonds is 3. The molecule has 0 bridgehead atoms. The number of nitrogens with zero attached hydrogens (tertiary/aromatic N) is 3. The molecule has 1 aromatic carbocycles. The Hall–Kier alpha value is -2.09. The smallest absolute Gasteiger partial charge is 0.269 e. The molecule has 0 saturated heterocycles. The second-order valence-electron chi connectivity index (χ2n) is 4.00. The third kappa shape index (κ3) is 2.39. The van der Waals surface area contributed by atoms with Crippen molar-refractivity contribution >= 4 is 21.5 Å². The summed E-state index contributed by atoms with van der Waals surface area (Å²) in [4.78, 5) is -0.0816. The van der Waals surface area contributed by atoms with Gasteiger partial charge in [-0.3, -0.25) is 8.99 Å². The number of anilines is 2. The zero-order valence-electron chi connectivity index (χ0n) is 10.4. The number of sulfonamides is 1. The van der Waals surface area contributed by atoms with Gasteiger partial charge < -0.3 is 5.73 Å². The number of nitrogen functional groups attached to an aromatic ring is 1. The van der Waals surface area contributed by atoms with E-state index < -0.39 is 15.8 Å². The van der Waals surface area contributed by atoms with Crippen LogP contribution in [-0.2, 0) is 17.1 Å². The van der Waals surface area contributed by atoms with Crippen molar-refractivity contribution in [3.8, 4) is 0 Å². The van der Waals surface area contributed by atoms with Gasteiger partial charge in [0.15, 0.2) is 5.82 Å². The van der Waals surface area contributed by atoms with Crippen molar-refractivity contribution in [3.63, 3.8) is 0 Å². The minimum Gasteiger partial charge on any atom is -0.381 e. The summed E-state index contributed by atoms with van der Waals surface area (Å²) in [6.07, 6.45) is 1.32. The minimum atomic E-state index is -3.81. The van der Waals surface area contributed by atoms with E-state index in [0.717, 1.165) is 4.31 Å². The molecule has 0 aliphatic rings. The Bertz CT molecular complexity index is 694. The average molecular weight is 284 g/mol. The molecule has 102 valence electrons. The monoisotopic (exact) mass is 284 g/mol. The molecule has 0 aliphatic carbocycles. The van der Waals surface area contributed by atoms with Crippen LogP contribution in [0.15, 0.2) is 35.4 Å². The molecule has 0 radical (unpaired) electrons. The van der Waals surface area contributed by atoms with E-state index >= 15 is 0 Å². The summed E-state index contributed by atoms with van der Waals surface area (Å²) in [5, 5.41) is 3.80. The van der Waals surface area contributed by atoms with E-state index in [2.05, 4.69) is 5.10 Å². The second-order valence-corrected chi connectivity index (χ2v) is 5.94. The molecular weight excluding hydrogens is 271 g/mol. The summed E-state index contributed by atoms with van der Waals surface area (Å²) >= 11 is 0. The third-order valence-electron chi connectivity index (χ3n) is 2.65. The van der Waals surface area contributed by atoms with Crippen LogP contribution in [0, 0.1) is 5.82 Å². The lowest BCUT2D eigenvalue weighted by molar-refractivity contribution is 0.594. The zero-order valence-corrected chi connectivity index (χ0v) is 11.2. The highest BCUT2D eigenvalue weighted by Crippen LogP contribution is 2.24. The van der Waals surface area contributed by atoms with Crippen LogP contribution in [-0.4, -0.2) is 25.2 Å². The maximum absolute atomic E-state index is 12.8. The first-order chi connectivity index (χ1) is 8.82. The van der Waals surface area contributed by atoms with Crippen LogP contribution in [0.2, 0.25) is 0 Å². The summed E-state index contributed by atoms with van der Waals surface area (Å²) < 4.78 is 39.9. The van der Waals surface area contributed by atoms with E-state index in [1.165, 1.54) is 42.2 Å². The first kappa shape index (κ1) is 13.3. The van der Waals surface area contributed by atoms with Gasteiger partial charge in [-0.2, -0.15) is 5.10 Å². The van der Waals surface area contributed by atoms with Crippen molar-refractivity contribution in [2.75, 3.05) is 17.1 Å². The standard InChI is InChI=1S/C11H13FN4O2S/c1-15-7-10(11(13)14-15)19(17,18)16(2)9-5-3-8(12)4-6-9/h3-7H,1-2H3,(H2,13,14). The Morgan fingerprint density at radius 1 is 1.32 bits per heavy atom. The Labute approximate surface area is 110 Å². The Morgan fingerprint density at radius 3 is 2.37 bits per heavy atom. The van der Waals surface area contributed by atoms with Gasteiger partial charge in [0.05, 0.1) is 5.69 Å². The highest BCUT2D eigenvalue weighted by molar-refractivity contribution is 7.93. The van der Waals surface area contributed by atoms with Gasteiger partial charge in [0.1, 0.15) is 10.7 Å². The molecule has 0 saturated carbocycles. The Kier molecular flexibility index (Phi) is 3.19. The lowest BCUT2D eigenvalue weighted by atomic mass is 10.3. The van der Waals surface area contributed by atoms with Gasteiger partial charge >= 0.3 is 0 Å². The van der Waals surface area contributed by atoms with Crippen LogP contribution in [0.1, 0.15) is 0 Å². The molecule has 0 amide bonds. The van der Waals surface area contributed by atoms with E-state index in [4.69, 9.17) is 5.73 Å². The highest BCUT2D eigenvalue weighted by atomic mass is 32.2. The molecule has 0 spiro atoms. The maximum atomic E-state index is 12.8. The van der Waals surface area contributed by atoms with Crippen molar-refractivity contribution in [1.29, 1.82) is 0 Å². The lowest BCUT2D eigenvalue weighted by Gasteiger charge is -2.18. The van der Waals surface area contributed by atoms with Crippen LogP contribution in [0.4, 0.5) is 15.9 Å². The molecule has 1 heterocycles. The molecule has 2 N–H and O–H groups in total. The van der Waals surface area contributed by atoms with Crippen LogP contribution >= 0.6 is 0 Å². The van der Waals surface area contributed by atoms with Gasteiger partial charge in [0, 0.05) is 20.3 Å². The van der Waals surface area contributed by atoms with Gasteiger partial charge in [0.25, 0.3) is 10.0 Å². The summed E-state index contributed by atoms with van der Waals surface area (Å²) in [7, 11) is -0.865. The molecule has 0 aliphatic heterocycles. The van der Waals surface area contributed by atoms with Gasteiger partial charge in [-0.25, -0.2) is 12.8 Å². The van der Waals surface area contributed by atoms with Crippen molar-refractivity contribution in [2.24, 2.45) is 7.05 Å². The van der Waals surface area contributed by atoms with Gasteiger partial charge in [-0.1, -0.05) is 0 Å². The van der Waals surface area contributed by atoms with E-state index in [1.54, 1.807) is 7.05 Å². The maximum Gasteiger partial charge on any atom is 0.269 e. The van der Waals surface area contributed by atoms with Crippen molar-refractivity contribution in [3.05, 3.63) is 36.3 Å². The van der Waals surface area contributed by atoms with E-state index in [-0.39, 0.29) is 10.7 Å². The predicted molar refractivity (Wildman–Crippen MR) is 69.6 cm³/mol. The Balaban J connectivity index is 2.45. The number of hydrogen-bond acceptors (Lipinski definition) is 4. The van der Waals surface area contributed by atoms with Crippen molar-refractivity contribution in [1.82, 2.24) is 9.78 Å². The summed E-state index contributed by atoms with van der Waals surface area (Å²) in [6, 6.07) is 5.13. The fraction of sp³-hybridized carbons (Fsp3) is 0.182. The second kappa shape index (κ2) is 4.54. The number of aryl methyl sites for hydroxylation is 1. The van der Waals surface area contributed by atoms with Crippen LogP contribution in [0.5, 0.6) is 0 Å². The molecule has 6 nitrogen and oxygen atoms in total. The molecule has 0 unspecified atom stereocenters. The van der Waals surface area contributed by atoms with E-state index in [9.17, 15) is 12.8 Å². The van der Waals surface area contributed by atoms with Crippen LogP contribution in [0.3, 0.4) is 0 Å². The van der Waals surface area contributed by atoms with Gasteiger partial charge in [0.2, 0.25) is 0 Å². The number of aromatic nitrogens is 2. The SMILES string of the molecule is CN(c1ccc(F)cc1)S(=O)(=O)c1cn(C)nc1N. The Morgan fingerprint density at radius 2 is 1.89 bits per heavy atom. The molecule has 1 aromatic heterocycles. The number of halogens is 1. The topological polar surface area (TPSA) is 81.2 Å². The fourth-order valence-corrected chi connectivity index (χ4v) is 2.91. The molecule has 0 atom stereocenters. The zero-order chi connectivity index (χ0) is 14.2. The quantitative estimate of drug-likeness (QED) is 0.910. The van der Waals surface area contributed by atoms with E-state index in [0.29, 0.717) is 5.69 Å². The predicted octanol–water partition coefficient (Wildman–Crippen LogP) is 0.967. The minimum absolute atomic E-state index is 0.0727. The van der Waals surface area contributed by atoms with Gasteiger partial charge in [-0.15, -0.1) is 0 Å². The normalized spacial score (nSPS) is 11.5. The lowest BCUT2D eigenvalue weighted by Crippen LogP contribution is -2.26. The largest absolute Gasteiger partial charge is 0.381 e. The molecular formula is C11H13FN4O2S. The summed E-state index contributed by atoms with van der Waals surface area (Å²) in [6.45, 7) is 0. The number of nitrogens with two attached hydrogens (primary N) is 1. The van der Waals surface area contributed by atoms with Crippen LogP contribution < -0.4 is 10.0 Å². The van der Waals surface area contributed by atoms with Gasteiger partial charge in [-0.05, 0) is 24.3 Å². The van der Waals surface area contributed by atoms with E-state index in [1.807, 2.05) is 0 Å². The highest BCUT2D eigenvalue weighted by Gasteiger charge is 2.26. The molecule has 8 heteroatoms. The third-order valence-corrected chi connectivity index (χ3v) is 4.45. The number of hydrogen-bond donors (Lipinski definition) is 1. The average Bonchev–Trinajstić information content (AvgIpc) is 2.69. The first-order valence-electron chi connectivity index (χ1n) is 5.36. The van der Waals surface area contributed by atoms with Crippen molar-refractivity contribution in [2.45, 2.75) is 4.90 Å².